The summed E-state index contributed by atoms with van der Waals surface area (Å²) in [6, 6.07) is 9.60. The first-order chi connectivity index (χ1) is 10.1. The quantitative estimate of drug-likeness (QED) is 0.598. The Kier molecular flexibility index (Phi) is 5.35. The second kappa shape index (κ2) is 7.04. The Hall–Kier alpha value is -1.41. The predicted octanol–water partition coefficient (Wildman–Crippen LogP) is 2.17. The van der Waals surface area contributed by atoms with Crippen molar-refractivity contribution in [3.05, 3.63) is 51.9 Å². The van der Waals surface area contributed by atoms with Crippen LogP contribution in [0.25, 0.3) is 0 Å². The van der Waals surface area contributed by atoms with E-state index in [9.17, 15) is 4.79 Å². The normalized spacial score (nSPS) is 13.7. The molecule has 112 valence electrons. The zero-order valence-corrected chi connectivity index (χ0v) is 14.2. The monoisotopic (exact) mass is 399 g/mol. The molecule has 0 spiro atoms. The molecule has 1 unspecified atom stereocenters. The summed E-state index contributed by atoms with van der Waals surface area (Å²) in [7, 11) is 1.41. The Morgan fingerprint density at radius 3 is 2.67 bits per heavy atom. The lowest BCUT2D eigenvalue weighted by Crippen LogP contribution is -2.53. The number of methoxy groups -OCH3 is 1. The van der Waals surface area contributed by atoms with E-state index in [0.717, 1.165) is 9.13 Å². The number of likely N-dealkylation sites (N-methyl/N-ethyl adjacent to an activating group) is 1. The van der Waals surface area contributed by atoms with Crippen LogP contribution in [0.4, 0.5) is 0 Å². The third-order valence-corrected chi connectivity index (χ3v) is 3.84. The molecule has 21 heavy (non-hydrogen) atoms. The van der Waals surface area contributed by atoms with E-state index in [-0.39, 0.29) is 5.97 Å². The molecule has 1 N–H and O–H groups in total. The van der Waals surface area contributed by atoms with Crippen molar-refractivity contribution in [2.75, 3.05) is 13.7 Å². The Morgan fingerprint density at radius 1 is 1.43 bits per heavy atom. The van der Waals surface area contributed by atoms with Gasteiger partial charge in [0.25, 0.3) is 0 Å². The van der Waals surface area contributed by atoms with Gasteiger partial charge in [0, 0.05) is 6.20 Å². The van der Waals surface area contributed by atoms with Crippen LogP contribution in [0.3, 0.4) is 0 Å². The van der Waals surface area contributed by atoms with E-state index in [1.54, 1.807) is 10.9 Å². The molecule has 0 aliphatic carbocycles. The summed E-state index contributed by atoms with van der Waals surface area (Å²) in [5, 5.41) is 7.57. The van der Waals surface area contributed by atoms with Crippen molar-refractivity contribution >= 4 is 28.6 Å². The molecule has 0 bridgehead atoms. The molecule has 0 radical (unpaired) electrons. The smallest absolute Gasteiger partial charge is 0.332 e. The van der Waals surface area contributed by atoms with Gasteiger partial charge in [0.05, 0.1) is 23.4 Å². The van der Waals surface area contributed by atoms with E-state index >= 15 is 0 Å². The molecule has 1 heterocycles. The van der Waals surface area contributed by atoms with Crippen molar-refractivity contribution in [3.8, 4) is 0 Å². The number of hydrogen-bond donors (Lipinski definition) is 1. The minimum Gasteiger partial charge on any atom is -0.467 e. The zero-order valence-electron chi connectivity index (χ0n) is 12.0. The van der Waals surface area contributed by atoms with E-state index in [1.165, 1.54) is 7.11 Å². The minimum absolute atomic E-state index is 0.318. The average Bonchev–Trinajstić information content (AvgIpc) is 2.91. The van der Waals surface area contributed by atoms with Crippen LogP contribution < -0.4 is 5.32 Å². The van der Waals surface area contributed by atoms with E-state index in [1.807, 2.05) is 43.5 Å². The molecule has 6 heteroatoms. The molecule has 5 nitrogen and oxygen atoms in total. The average molecular weight is 399 g/mol. The van der Waals surface area contributed by atoms with Gasteiger partial charge in [0.15, 0.2) is 5.54 Å². The lowest BCUT2D eigenvalue weighted by Gasteiger charge is -2.32. The summed E-state index contributed by atoms with van der Waals surface area (Å²) in [5.41, 5.74) is -0.0796. The van der Waals surface area contributed by atoms with Gasteiger partial charge in [-0.1, -0.05) is 37.3 Å². The lowest BCUT2D eigenvalue weighted by molar-refractivity contribution is -0.150. The first-order valence-electron chi connectivity index (χ1n) is 6.69. The number of benzene rings is 1. The van der Waals surface area contributed by atoms with Gasteiger partial charge in [-0.15, -0.1) is 0 Å². The van der Waals surface area contributed by atoms with Crippen molar-refractivity contribution in [1.82, 2.24) is 15.1 Å². The SMILES string of the molecule is CCNC(Cn1cc(I)cn1)(C(=O)OC)c1ccccc1. The van der Waals surface area contributed by atoms with Crippen molar-refractivity contribution in [2.45, 2.75) is 19.0 Å². The molecule has 2 aromatic rings. The lowest BCUT2D eigenvalue weighted by atomic mass is 9.89. The van der Waals surface area contributed by atoms with Crippen LogP contribution in [0, 0.1) is 3.57 Å². The number of esters is 1. The highest BCUT2D eigenvalue weighted by molar-refractivity contribution is 14.1. The van der Waals surface area contributed by atoms with Gasteiger partial charge < -0.3 is 4.74 Å². The summed E-state index contributed by atoms with van der Waals surface area (Å²) in [5.74, 6) is -0.318. The number of aromatic nitrogens is 2. The summed E-state index contributed by atoms with van der Waals surface area (Å²) < 4.78 is 7.84. The van der Waals surface area contributed by atoms with Gasteiger partial charge in [-0.25, -0.2) is 4.79 Å². The summed E-state index contributed by atoms with van der Waals surface area (Å²) in [6.07, 6.45) is 3.66. The standard InChI is InChI=1S/C15H18IN3O2/c1-3-17-15(14(20)21-2,12-7-5-4-6-8-12)11-19-10-13(16)9-18-19/h4-10,17H,3,11H2,1-2H3. The molecule has 0 saturated carbocycles. The van der Waals surface area contributed by atoms with Crippen LogP contribution in [0.15, 0.2) is 42.7 Å². The number of nitrogens with zero attached hydrogens (tertiary/aromatic N) is 2. The molecule has 1 atom stereocenters. The Labute approximate surface area is 137 Å². The number of rotatable bonds is 6. The molecule has 0 amide bonds. The number of hydrogen-bond acceptors (Lipinski definition) is 4. The van der Waals surface area contributed by atoms with Crippen molar-refractivity contribution in [3.63, 3.8) is 0 Å². The third-order valence-electron chi connectivity index (χ3n) is 3.28. The van der Waals surface area contributed by atoms with E-state index in [0.29, 0.717) is 13.1 Å². The van der Waals surface area contributed by atoms with Crippen molar-refractivity contribution in [2.24, 2.45) is 0 Å². The highest BCUT2D eigenvalue weighted by Crippen LogP contribution is 2.25. The van der Waals surface area contributed by atoms with Crippen LogP contribution in [0.5, 0.6) is 0 Å². The van der Waals surface area contributed by atoms with Gasteiger partial charge in [0.1, 0.15) is 0 Å². The summed E-state index contributed by atoms with van der Waals surface area (Å²) >= 11 is 2.19. The Bertz CT molecular complexity index is 600. The van der Waals surface area contributed by atoms with Crippen LogP contribution in [-0.2, 0) is 21.6 Å². The summed E-state index contributed by atoms with van der Waals surface area (Å²) in [4.78, 5) is 12.5. The largest absolute Gasteiger partial charge is 0.467 e. The number of halogens is 1. The number of carbonyl (C=O) groups is 1. The molecule has 0 aliphatic rings. The fourth-order valence-electron chi connectivity index (χ4n) is 2.37. The minimum atomic E-state index is -0.945. The number of ether oxygens (including phenoxy) is 1. The first kappa shape index (κ1) is 16.0. The van der Waals surface area contributed by atoms with Crippen LogP contribution in [-0.4, -0.2) is 29.4 Å². The second-order valence-electron chi connectivity index (χ2n) is 4.65. The molecule has 0 fully saturated rings. The maximum atomic E-state index is 12.5. The number of carbonyl (C=O) groups excluding carboxylic acids is 1. The number of nitrogens with one attached hydrogen (secondary N) is 1. The molecular weight excluding hydrogens is 381 g/mol. The van der Waals surface area contributed by atoms with Crippen molar-refractivity contribution < 1.29 is 9.53 Å². The highest BCUT2D eigenvalue weighted by Gasteiger charge is 2.41. The van der Waals surface area contributed by atoms with Gasteiger partial charge in [0.2, 0.25) is 0 Å². The third kappa shape index (κ3) is 3.44. The van der Waals surface area contributed by atoms with Crippen molar-refractivity contribution in [1.29, 1.82) is 0 Å². The molecule has 0 saturated heterocycles. The van der Waals surface area contributed by atoms with Gasteiger partial charge in [-0.2, -0.15) is 5.10 Å². The van der Waals surface area contributed by atoms with E-state index in [2.05, 4.69) is 33.0 Å². The summed E-state index contributed by atoms with van der Waals surface area (Å²) in [6.45, 7) is 2.98. The molecule has 0 aliphatic heterocycles. The molecule has 1 aromatic carbocycles. The molecule has 1 aromatic heterocycles. The van der Waals surface area contributed by atoms with Gasteiger partial charge in [-0.05, 0) is 34.7 Å². The molecule has 2 rings (SSSR count). The van der Waals surface area contributed by atoms with Crippen LogP contribution in [0.2, 0.25) is 0 Å². The highest BCUT2D eigenvalue weighted by atomic mass is 127. The van der Waals surface area contributed by atoms with Crippen LogP contribution >= 0.6 is 22.6 Å². The Morgan fingerprint density at radius 2 is 2.14 bits per heavy atom. The van der Waals surface area contributed by atoms with Gasteiger partial charge >= 0.3 is 5.97 Å². The second-order valence-corrected chi connectivity index (χ2v) is 5.90. The first-order valence-corrected chi connectivity index (χ1v) is 7.77. The van der Waals surface area contributed by atoms with Crippen LogP contribution in [0.1, 0.15) is 12.5 Å². The maximum Gasteiger partial charge on any atom is 0.332 e. The zero-order chi connectivity index (χ0) is 15.3. The van der Waals surface area contributed by atoms with Gasteiger partial charge in [-0.3, -0.25) is 10.00 Å². The molecular formula is C15H18IN3O2. The fraction of sp³-hybridized carbons (Fsp3) is 0.333. The van der Waals surface area contributed by atoms with E-state index in [4.69, 9.17) is 4.74 Å². The predicted molar refractivity (Wildman–Crippen MR) is 88.8 cm³/mol. The fourth-order valence-corrected chi connectivity index (χ4v) is 2.82. The maximum absolute atomic E-state index is 12.5. The Balaban J connectivity index is 2.47. The topological polar surface area (TPSA) is 56.2 Å². The van der Waals surface area contributed by atoms with E-state index < -0.39 is 5.54 Å².